The average Bonchev–Trinajstić information content (AvgIpc) is 3.08. The number of nitrogens with zero attached hydrogens (tertiary/aromatic N) is 2. The van der Waals surface area contributed by atoms with Crippen molar-refractivity contribution in [2.45, 2.75) is 17.7 Å². The van der Waals surface area contributed by atoms with Crippen LogP contribution in [0.1, 0.15) is 21.7 Å². The molecule has 6 nitrogen and oxygen atoms in total. The van der Waals surface area contributed by atoms with Gasteiger partial charge in [0.1, 0.15) is 0 Å². The summed E-state index contributed by atoms with van der Waals surface area (Å²) in [6.07, 6.45) is 1.61. The van der Waals surface area contributed by atoms with Gasteiger partial charge in [-0.25, -0.2) is 13.1 Å². The van der Waals surface area contributed by atoms with E-state index in [0.717, 1.165) is 30.9 Å². The standard InChI is InChI=1S/C19H25N3O3S2/c1-21-11-3-12-22(14-13-21)19(23)16-5-7-18(8-6-16)27(24,25)20-10-9-17-4-2-15-26-17/h2,4-8,15,20H,3,9-14H2,1H3. The van der Waals surface area contributed by atoms with Crippen molar-refractivity contribution in [2.75, 3.05) is 39.8 Å². The average molecular weight is 408 g/mol. The van der Waals surface area contributed by atoms with Crippen molar-refractivity contribution < 1.29 is 13.2 Å². The lowest BCUT2D eigenvalue weighted by atomic mass is 10.2. The fourth-order valence-electron chi connectivity index (χ4n) is 3.06. The second kappa shape index (κ2) is 8.97. The summed E-state index contributed by atoms with van der Waals surface area (Å²) >= 11 is 1.61. The Morgan fingerprint density at radius 3 is 2.59 bits per heavy atom. The zero-order valence-electron chi connectivity index (χ0n) is 15.4. The maximum Gasteiger partial charge on any atom is 0.253 e. The van der Waals surface area contributed by atoms with Crippen LogP contribution in [0.3, 0.4) is 0 Å². The summed E-state index contributed by atoms with van der Waals surface area (Å²) < 4.78 is 27.4. The van der Waals surface area contributed by atoms with E-state index in [-0.39, 0.29) is 10.8 Å². The number of likely N-dealkylation sites (N-methyl/N-ethyl adjacent to an activating group) is 1. The van der Waals surface area contributed by atoms with E-state index in [0.29, 0.717) is 25.1 Å². The zero-order chi connectivity index (χ0) is 19.3. The molecular weight excluding hydrogens is 382 g/mol. The summed E-state index contributed by atoms with van der Waals surface area (Å²) in [5, 5.41) is 1.97. The predicted molar refractivity (Wildman–Crippen MR) is 108 cm³/mol. The molecule has 1 fully saturated rings. The molecule has 1 aliphatic heterocycles. The number of carbonyl (C=O) groups excluding carboxylic acids is 1. The second-order valence-electron chi connectivity index (χ2n) is 6.70. The molecule has 146 valence electrons. The van der Waals surface area contributed by atoms with Gasteiger partial charge in [0.25, 0.3) is 5.91 Å². The minimum absolute atomic E-state index is 0.0418. The van der Waals surface area contributed by atoms with Crippen LogP contribution in [0.15, 0.2) is 46.7 Å². The van der Waals surface area contributed by atoms with Crippen LogP contribution >= 0.6 is 11.3 Å². The van der Waals surface area contributed by atoms with Gasteiger partial charge in [-0.3, -0.25) is 4.79 Å². The summed E-state index contributed by atoms with van der Waals surface area (Å²) in [6.45, 7) is 3.61. The van der Waals surface area contributed by atoms with E-state index in [1.165, 1.54) is 12.1 Å². The maximum absolute atomic E-state index is 12.7. The first-order valence-electron chi connectivity index (χ1n) is 9.06. The maximum atomic E-state index is 12.7. The van der Waals surface area contributed by atoms with Crippen LogP contribution in [0.25, 0.3) is 0 Å². The molecule has 1 N–H and O–H groups in total. The van der Waals surface area contributed by atoms with Crippen LogP contribution in [0, 0.1) is 0 Å². The van der Waals surface area contributed by atoms with Gasteiger partial charge in [-0.15, -0.1) is 11.3 Å². The van der Waals surface area contributed by atoms with Crippen LogP contribution in [0.2, 0.25) is 0 Å². The summed E-state index contributed by atoms with van der Waals surface area (Å²) in [4.78, 5) is 18.0. The lowest BCUT2D eigenvalue weighted by Gasteiger charge is -2.20. The molecular formula is C19H25N3O3S2. The normalized spacial score (nSPS) is 16.3. The van der Waals surface area contributed by atoms with E-state index in [2.05, 4.69) is 16.7 Å². The Kier molecular flexibility index (Phi) is 6.64. The highest BCUT2D eigenvalue weighted by molar-refractivity contribution is 7.89. The highest BCUT2D eigenvalue weighted by atomic mass is 32.2. The molecule has 1 aromatic carbocycles. The summed E-state index contributed by atoms with van der Waals surface area (Å²) in [6, 6.07) is 10.2. The van der Waals surface area contributed by atoms with Crippen LogP contribution in [0.4, 0.5) is 0 Å². The number of sulfonamides is 1. The molecule has 8 heteroatoms. The van der Waals surface area contributed by atoms with E-state index in [4.69, 9.17) is 0 Å². The van der Waals surface area contributed by atoms with Crippen molar-refractivity contribution in [2.24, 2.45) is 0 Å². The Bertz CT molecular complexity index is 849. The number of hydrogen-bond acceptors (Lipinski definition) is 5. The Morgan fingerprint density at radius 2 is 1.89 bits per heavy atom. The fraction of sp³-hybridized carbons (Fsp3) is 0.421. The first-order valence-corrected chi connectivity index (χ1v) is 11.4. The molecule has 1 aliphatic rings. The minimum Gasteiger partial charge on any atom is -0.337 e. The van der Waals surface area contributed by atoms with E-state index in [1.54, 1.807) is 23.5 Å². The van der Waals surface area contributed by atoms with Gasteiger partial charge in [-0.05, 0) is 62.1 Å². The summed E-state index contributed by atoms with van der Waals surface area (Å²) in [5.74, 6) is -0.0418. The monoisotopic (exact) mass is 407 g/mol. The topological polar surface area (TPSA) is 69.7 Å². The first kappa shape index (κ1) is 20.0. The Hall–Kier alpha value is -1.74. The van der Waals surface area contributed by atoms with E-state index >= 15 is 0 Å². The molecule has 1 saturated heterocycles. The van der Waals surface area contributed by atoms with Gasteiger partial charge >= 0.3 is 0 Å². The molecule has 0 saturated carbocycles. The van der Waals surface area contributed by atoms with Crippen molar-refractivity contribution in [3.8, 4) is 0 Å². The van der Waals surface area contributed by atoms with Gasteiger partial charge in [0, 0.05) is 36.6 Å². The molecule has 0 atom stereocenters. The molecule has 2 heterocycles. The first-order chi connectivity index (χ1) is 13.0. The molecule has 27 heavy (non-hydrogen) atoms. The van der Waals surface area contributed by atoms with Crippen molar-refractivity contribution in [3.63, 3.8) is 0 Å². The number of nitrogens with one attached hydrogen (secondary N) is 1. The lowest BCUT2D eigenvalue weighted by Crippen LogP contribution is -2.34. The molecule has 0 radical (unpaired) electrons. The Balaban J connectivity index is 1.60. The van der Waals surface area contributed by atoms with E-state index in [9.17, 15) is 13.2 Å². The van der Waals surface area contributed by atoms with Gasteiger partial charge in [0.2, 0.25) is 10.0 Å². The quantitative estimate of drug-likeness (QED) is 0.796. The number of benzene rings is 1. The lowest BCUT2D eigenvalue weighted by molar-refractivity contribution is 0.0762. The van der Waals surface area contributed by atoms with E-state index < -0.39 is 10.0 Å². The highest BCUT2D eigenvalue weighted by Gasteiger charge is 2.20. The van der Waals surface area contributed by atoms with Gasteiger partial charge < -0.3 is 9.80 Å². The Labute approximate surface area is 164 Å². The largest absolute Gasteiger partial charge is 0.337 e. The number of hydrogen-bond donors (Lipinski definition) is 1. The van der Waals surface area contributed by atoms with Gasteiger partial charge in [-0.1, -0.05) is 6.07 Å². The predicted octanol–water partition coefficient (Wildman–Crippen LogP) is 2.05. The number of rotatable bonds is 6. The van der Waals surface area contributed by atoms with Crippen molar-refractivity contribution >= 4 is 27.3 Å². The minimum atomic E-state index is -3.57. The molecule has 3 rings (SSSR count). The van der Waals surface area contributed by atoms with Gasteiger partial charge in [0.05, 0.1) is 4.90 Å². The zero-order valence-corrected chi connectivity index (χ0v) is 17.1. The van der Waals surface area contributed by atoms with Gasteiger partial charge in [0.15, 0.2) is 0 Å². The van der Waals surface area contributed by atoms with Crippen molar-refractivity contribution in [1.29, 1.82) is 0 Å². The summed E-state index contributed by atoms with van der Waals surface area (Å²) in [7, 11) is -1.52. The molecule has 0 aliphatic carbocycles. The fourth-order valence-corrected chi connectivity index (χ4v) is 4.80. The third-order valence-electron chi connectivity index (χ3n) is 4.66. The van der Waals surface area contributed by atoms with Crippen molar-refractivity contribution in [1.82, 2.24) is 14.5 Å². The SMILES string of the molecule is CN1CCCN(C(=O)c2ccc(S(=O)(=O)NCCc3cccs3)cc2)CC1. The second-order valence-corrected chi connectivity index (χ2v) is 9.50. The summed E-state index contributed by atoms with van der Waals surface area (Å²) in [5.41, 5.74) is 0.525. The molecule has 0 unspecified atom stereocenters. The third-order valence-corrected chi connectivity index (χ3v) is 7.07. The molecule has 0 bridgehead atoms. The number of amides is 1. The van der Waals surface area contributed by atoms with Crippen molar-refractivity contribution in [3.05, 3.63) is 52.2 Å². The van der Waals surface area contributed by atoms with Crippen LogP contribution in [-0.4, -0.2) is 63.9 Å². The van der Waals surface area contributed by atoms with Crippen LogP contribution in [0.5, 0.6) is 0 Å². The molecule has 1 amide bonds. The third kappa shape index (κ3) is 5.38. The highest BCUT2D eigenvalue weighted by Crippen LogP contribution is 2.14. The number of thiophene rings is 1. The smallest absolute Gasteiger partial charge is 0.253 e. The van der Waals surface area contributed by atoms with Crippen LogP contribution in [-0.2, 0) is 16.4 Å². The van der Waals surface area contributed by atoms with E-state index in [1.807, 2.05) is 22.4 Å². The Morgan fingerprint density at radius 1 is 1.11 bits per heavy atom. The molecule has 1 aromatic heterocycles. The number of carbonyl (C=O) groups is 1. The van der Waals surface area contributed by atoms with Crippen LogP contribution < -0.4 is 4.72 Å². The van der Waals surface area contributed by atoms with Gasteiger partial charge in [-0.2, -0.15) is 0 Å². The molecule has 0 spiro atoms. The molecule has 2 aromatic rings.